The van der Waals surface area contributed by atoms with E-state index >= 15 is 0 Å². The zero-order valence-electron chi connectivity index (χ0n) is 36.8. The zero-order chi connectivity index (χ0) is 37.7. The number of nitrogens with zero attached hydrogens (tertiary/aromatic N) is 7. The molecule has 0 N–H and O–H groups in total. The monoisotopic (exact) mass is 728 g/mol. The van der Waals surface area contributed by atoms with Crippen molar-refractivity contribution in [3.05, 3.63) is 0 Å². The maximum absolute atomic E-state index is 2.82. The molecule has 1 aliphatic carbocycles. The molecule has 7 aliphatic rings. The Balaban J connectivity index is 0.000000151. The van der Waals surface area contributed by atoms with E-state index in [0.717, 1.165) is 35.9 Å². The second-order valence-electron chi connectivity index (χ2n) is 21.5. The third-order valence-corrected chi connectivity index (χ3v) is 14.9. The van der Waals surface area contributed by atoms with Crippen molar-refractivity contribution in [2.75, 3.05) is 98.7 Å². The van der Waals surface area contributed by atoms with Gasteiger partial charge in [-0.3, -0.25) is 24.5 Å². The van der Waals surface area contributed by atoms with Crippen molar-refractivity contribution in [3.8, 4) is 0 Å². The van der Waals surface area contributed by atoms with Gasteiger partial charge in [0.05, 0.1) is 0 Å². The lowest BCUT2D eigenvalue weighted by molar-refractivity contribution is 0.0143. The minimum absolute atomic E-state index is 0.346. The van der Waals surface area contributed by atoms with Crippen molar-refractivity contribution in [3.63, 3.8) is 0 Å². The molecule has 0 radical (unpaired) electrons. The van der Waals surface area contributed by atoms with E-state index in [4.69, 9.17) is 0 Å². The van der Waals surface area contributed by atoms with Gasteiger partial charge in [0.2, 0.25) is 0 Å². The molecule has 6 saturated heterocycles. The summed E-state index contributed by atoms with van der Waals surface area (Å²) in [6.07, 6.45) is 15.7. The molecule has 52 heavy (non-hydrogen) atoms. The van der Waals surface area contributed by atoms with Crippen LogP contribution in [0.3, 0.4) is 0 Å². The SMILES string of the molecule is CC(C)(C)N1CC2CCC(C1)C2N1CCCC1.CC(C1CCN(C(C)(C)C)CC1)N1CCCCC1.CN1CCC(N2CCN(C(C)(C)C)CC2)CC1. The molecule has 0 aromatic rings. The predicted molar refractivity (Wildman–Crippen MR) is 224 cm³/mol. The maximum atomic E-state index is 2.82. The lowest BCUT2D eigenvalue weighted by Crippen LogP contribution is -2.56. The van der Waals surface area contributed by atoms with Crippen LogP contribution in [0.25, 0.3) is 0 Å². The molecule has 0 spiro atoms. The fourth-order valence-corrected chi connectivity index (χ4v) is 11.2. The highest BCUT2D eigenvalue weighted by Crippen LogP contribution is 2.43. The predicted octanol–water partition coefficient (Wildman–Crippen LogP) is 7.46. The van der Waals surface area contributed by atoms with Gasteiger partial charge < -0.3 is 9.80 Å². The van der Waals surface area contributed by atoms with Gasteiger partial charge in [0.15, 0.2) is 0 Å². The first-order chi connectivity index (χ1) is 24.5. The number of rotatable bonds is 4. The summed E-state index contributed by atoms with van der Waals surface area (Å²) in [5.74, 6) is 2.86. The van der Waals surface area contributed by atoms with Gasteiger partial charge >= 0.3 is 0 Å². The first-order valence-electron chi connectivity index (χ1n) is 22.7. The molecule has 7 heteroatoms. The molecular formula is C45H89N7. The number of likely N-dealkylation sites (tertiary alicyclic amines) is 5. The molecule has 3 atom stereocenters. The molecule has 7 fully saturated rings. The summed E-state index contributed by atoms with van der Waals surface area (Å²) in [5, 5.41) is 0. The average molecular weight is 728 g/mol. The third kappa shape index (κ3) is 11.9. The zero-order valence-corrected chi connectivity index (χ0v) is 36.8. The van der Waals surface area contributed by atoms with E-state index in [2.05, 4.69) is 111 Å². The topological polar surface area (TPSA) is 22.7 Å². The Kier molecular flexibility index (Phi) is 15.5. The van der Waals surface area contributed by atoms with Crippen LogP contribution < -0.4 is 0 Å². The quantitative estimate of drug-likeness (QED) is 0.296. The summed E-state index contributed by atoms with van der Waals surface area (Å²) in [7, 11) is 2.24. The summed E-state index contributed by atoms with van der Waals surface area (Å²) in [5.41, 5.74) is 1.08. The van der Waals surface area contributed by atoms with Crippen LogP contribution in [0.5, 0.6) is 0 Å². The third-order valence-electron chi connectivity index (χ3n) is 14.9. The van der Waals surface area contributed by atoms with Crippen molar-refractivity contribution in [1.82, 2.24) is 34.3 Å². The van der Waals surface area contributed by atoms with Crippen LogP contribution in [0.1, 0.15) is 140 Å². The Hall–Kier alpha value is -0.280. The molecule has 6 aliphatic heterocycles. The summed E-state index contributed by atoms with van der Waals surface area (Å²) in [6, 6.07) is 2.61. The largest absolute Gasteiger partial charge is 0.306 e. The molecule has 0 amide bonds. The highest BCUT2D eigenvalue weighted by atomic mass is 15.3. The van der Waals surface area contributed by atoms with Crippen molar-refractivity contribution in [1.29, 1.82) is 0 Å². The molecule has 2 bridgehead atoms. The number of hydrogen-bond donors (Lipinski definition) is 0. The van der Waals surface area contributed by atoms with E-state index in [1.165, 1.54) is 162 Å². The van der Waals surface area contributed by atoms with Gasteiger partial charge in [-0.25, -0.2) is 0 Å². The van der Waals surface area contributed by atoms with E-state index in [0.29, 0.717) is 16.6 Å². The Bertz CT molecular complexity index is 994. The summed E-state index contributed by atoms with van der Waals surface area (Å²) in [4.78, 5) is 18.8. The first-order valence-corrected chi connectivity index (χ1v) is 22.7. The Morgan fingerprint density at radius 1 is 0.442 bits per heavy atom. The first kappa shape index (κ1) is 42.9. The van der Waals surface area contributed by atoms with Gasteiger partial charge in [0, 0.05) is 74.0 Å². The van der Waals surface area contributed by atoms with E-state index in [1.54, 1.807) is 0 Å². The van der Waals surface area contributed by atoms with Crippen LogP contribution in [0.15, 0.2) is 0 Å². The molecule has 7 rings (SSSR count). The number of piperidine rings is 4. The van der Waals surface area contributed by atoms with Gasteiger partial charge in [0.1, 0.15) is 0 Å². The molecule has 6 heterocycles. The van der Waals surface area contributed by atoms with Crippen LogP contribution in [0.4, 0.5) is 0 Å². The van der Waals surface area contributed by atoms with Crippen LogP contribution in [-0.4, -0.2) is 168 Å². The molecule has 304 valence electrons. The van der Waals surface area contributed by atoms with E-state index in [-0.39, 0.29) is 0 Å². The van der Waals surface area contributed by atoms with Crippen LogP contribution in [0, 0.1) is 17.8 Å². The molecular weight excluding hydrogens is 639 g/mol. The second kappa shape index (κ2) is 18.8. The van der Waals surface area contributed by atoms with Gasteiger partial charge in [-0.05, 0) is 211 Å². The van der Waals surface area contributed by atoms with E-state index in [9.17, 15) is 0 Å². The van der Waals surface area contributed by atoms with Gasteiger partial charge in [-0.1, -0.05) is 6.42 Å². The summed E-state index contributed by atoms with van der Waals surface area (Å²) in [6.45, 7) is 42.0. The molecule has 0 aromatic carbocycles. The lowest BCUT2D eigenvalue weighted by atomic mass is 9.87. The minimum Gasteiger partial charge on any atom is -0.306 e. The Morgan fingerprint density at radius 2 is 0.904 bits per heavy atom. The second-order valence-corrected chi connectivity index (χ2v) is 21.5. The Labute approximate surface area is 324 Å². The molecule has 1 saturated carbocycles. The van der Waals surface area contributed by atoms with Crippen molar-refractivity contribution in [2.45, 2.75) is 175 Å². The Morgan fingerprint density at radius 3 is 1.38 bits per heavy atom. The molecule has 7 nitrogen and oxygen atoms in total. The normalized spacial score (nSPS) is 31.6. The maximum Gasteiger partial charge on any atom is 0.0176 e. The smallest absolute Gasteiger partial charge is 0.0176 e. The summed E-state index contributed by atoms with van der Waals surface area (Å²) < 4.78 is 0. The van der Waals surface area contributed by atoms with E-state index < -0.39 is 0 Å². The van der Waals surface area contributed by atoms with Crippen molar-refractivity contribution in [2.24, 2.45) is 17.8 Å². The molecule has 3 unspecified atom stereocenters. The van der Waals surface area contributed by atoms with Crippen LogP contribution >= 0.6 is 0 Å². The fourth-order valence-electron chi connectivity index (χ4n) is 11.2. The highest BCUT2D eigenvalue weighted by Gasteiger charge is 2.47. The van der Waals surface area contributed by atoms with Crippen LogP contribution in [0.2, 0.25) is 0 Å². The van der Waals surface area contributed by atoms with Gasteiger partial charge in [0.25, 0.3) is 0 Å². The number of hydrogen-bond acceptors (Lipinski definition) is 7. The minimum atomic E-state index is 0.346. The standard InChI is InChI=1S/C16H32N2.C15H28N2.C14H29N3/c1-14(17-10-6-5-7-11-17)15-8-12-18(13-9-15)16(2,3)4;1-15(2,3)17-10-12-6-7-13(11-17)14(12)16-8-4-5-9-16;1-14(2,3)17-11-9-16(10-12-17)13-5-7-15(4)8-6-13/h14-15H,5-13H2,1-4H3;12-14H,4-11H2,1-3H3;13H,5-12H2,1-4H3. The summed E-state index contributed by atoms with van der Waals surface area (Å²) >= 11 is 0. The number of piperazine rings is 1. The van der Waals surface area contributed by atoms with Crippen molar-refractivity contribution < 1.29 is 0 Å². The number of fused-ring (bicyclic) bond motifs is 2. The van der Waals surface area contributed by atoms with Gasteiger partial charge in [-0.2, -0.15) is 0 Å². The average Bonchev–Trinajstić information content (AvgIpc) is 3.73. The molecule has 0 aromatic heterocycles. The highest BCUT2D eigenvalue weighted by molar-refractivity contribution is 5.01. The fraction of sp³-hybridized carbons (Fsp3) is 1.00. The van der Waals surface area contributed by atoms with Crippen LogP contribution in [-0.2, 0) is 0 Å². The van der Waals surface area contributed by atoms with Gasteiger partial charge in [-0.15, -0.1) is 0 Å². The lowest BCUT2D eigenvalue weighted by Gasteiger charge is -2.47. The van der Waals surface area contributed by atoms with E-state index in [1.807, 2.05) is 0 Å². The van der Waals surface area contributed by atoms with Crippen molar-refractivity contribution >= 4 is 0 Å².